The minimum absolute atomic E-state index is 0.178. The van der Waals surface area contributed by atoms with Crippen LogP contribution in [0.25, 0.3) is 0 Å². The van der Waals surface area contributed by atoms with E-state index in [-0.39, 0.29) is 5.82 Å². The number of nitrogen functional groups attached to an aromatic ring is 2. The highest BCUT2D eigenvalue weighted by molar-refractivity contribution is 8.29. The molecule has 4 rings (SSSR count). The van der Waals surface area contributed by atoms with Crippen molar-refractivity contribution in [2.75, 3.05) is 11.5 Å². The van der Waals surface area contributed by atoms with Crippen LogP contribution in [0.15, 0.2) is 42.5 Å². The third-order valence-corrected chi connectivity index (χ3v) is 16.4. The Balaban J connectivity index is 1.69. The highest BCUT2D eigenvalue weighted by atomic mass is 14.6. The van der Waals surface area contributed by atoms with Gasteiger partial charge in [-0.25, -0.2) is 0 Å². The zero-order chi connectivity index (χ0) is 51.6. The number of hydrogen-bond acceptors (Lipinski definition) is 2. The molecule has 4 N–H and O–H groups in total. The highest BCUT2D eigenvalue weighted by Crippen LogP contribution is 2.43. The molecule has 2 aromatic rings. The molecule has 0 unspecified atom stereocenters. The van der Waals surface area contributed by atoms with Gasteiger partial charge in [-0.1, -0.05) is 68.6 Å². The van der Waals surface area contributed by atoms with Crippen molar-refractivity contribution >= 4 is 295 Å². The van der Waals surface area contributed by atoms with E-state index in [1.807, 2.05) is 12.1 Å². The number of benzene rings is 2. The van der Waals surface area contributed by atoms with Gasteiger partial charge in [0.25, 0.3) is 0 Å². The lowest BCUT2D eigenvalue weighted by molar-refractivity contribution is 0.261. The summed E-state index contributed by atoms with van der Waals surface area (Å²) in [5, 5.41) is 0. The smallest absolute Gasteiger partial charge is 0.0491 e. The molecule has 42 heteroatoms. The van der Waals surface area contributed by atoms with Crippen molar-refractivity contribution in [1.29, 1.82) is 0 Å². The predicted molar refractivity (Wildman–Crippen MR) is 354 cm³/mol. The maximum absolute atomic E-state index is 6.94. The Morgan fingerprint density at radius 3 is 1.12 bits per heavy atom. The average Bonchev–Trinajstić information content (AvgIpc) is 3.24. The molecule has 69 heavy (non-hydrogen) atoms. The lowest BCUT2D eigenvalue weighted by Crippen LogP contribution is -2.91. The molecule has 2 nitrogen and oxygen atoms in total. The van der Waals surface area contributed by atoms with Gasteiger partial charge < -0.3 is 11.5 Å². The highest BCUT2D eigenvalue weighted by Gasteiger charge is 2.59. The Bertz CT molecular complexity index is 1680. The van der Waals surface area contributed by atoms with Crippen LogP contribution in [0.4, 0.5) is 11.4 Å². The fraction of sp³-hybridized carbons (Fsp3) is 0.556. The summed E-state index contributed by atoms with van der Waals surface area (Å²) in [7, 11) is 134. The molecule has 2 aromatic carbocycles. The summed E-state index contributed by atoms with van der Waals surface area (Å²) in [5.41, 5.74) is 17.1. The third-order valence-electron chi connectivity index (χ3n) is 16.4. The number of rotatable bonds is 26. The Hall–Kier alpha value is 0.637. The molecule has 0 saturated heterocycles. The van der Waals surface area contributed by atoms with Crippen LogP contribution in [0.2, 0.25) is 5.82 Å². The SMILES string of the molecule is [B][B]B([B])B(B([B])[B])B(B(B(B([B])[B])B([B])[B])B(B([B])[B])B([B])[B])B(B(B(B([B])[B])B([B])[B])B(B([B])[B])B([B])[B])C1CCC(CCC2CCC(c3ccc(Cc4cc(N)cc(N)c4)cc3)CC2)CC1. The Kier molecular flexibility index (Phi) is 26.3. The minimum Gasteiger partial charge on any atom is -0.399 e. The Morgan fingerprint density at radius 2 is 0.754 bits per heavy atom. The normalized spacial score (nSPS) is 17.4. The van der Waals surface area contributed by atoms with Gasteiger partial charge in [0.1, 0.15) is 0 Å². The average molecular weight is 822 g/mol. The quantitative estimate of drug-likeness (QED) is 0.0734. The van der Waals surface area contributed by atoms with Crippen molar-refractivity contribution in [2.24, 2.45) is 11.8 Å². The van der Waals surface area contributed by atoms with E-state index in [0.29, 0.717) is 29.1 Å². The lowest BCUT2D eigenvalue weighted by atomic mass is 8.30. The molecule has 0 spiro atoms. The van der Waals surface area contributed by atoms with Gasteiger partial charge in [0.15, 0.2) is 0 Å². The van der Waals surface area contributed by atoms with E-state index in [4.69, 9.17) is 166 Å². The van der Waals surface area contributed by atoms with E-state index in [1.165, 1.54) is 31.0 Å². The van der Waals surface area contributed by atoms with Crippen molar-refractivity contribution in [3.05, 3.63) is 59.2 Å². The molecule has 41 radical (unpaired) electrons. The first-order valence-corrected chi connectivity index (χ1v) is 25.0. The summed E-state index contributed by atoms with van der Waals surface area (Å²) in [4.78, 5) is 0. The second-order valence-electron chi connectivity index (χ2n) is 21.2. The van der Waals surface area contributed by atoms with Crippen LogP contribution in [-0.2, 0) is 6.42 Å². The Morgan fingerprint density at radius 1 is 0.406 bits per heavy atom. The van der Waals surface area contributed by atoms with Crippen LogP contribution < -0.4 is 11.5 Å². The van der Waals surface area contributed by atoms with Gasteiger partial charge >= 0.3 is 0 Å². The van der Waals surface area contributed by atoms with Crippen molar-refractivity contribution in [1.82, 2.24) is 0 Å². The second kappa shape index (κ2) is 29.2. The van der Waals surface area contributed by atoms with E-state index in [0.717, 1.165) is 63.4 Å². The van der Waals surface area contributed by atoms with E-state index in [2.05, 4.69) is 24.3 Å². The standard InChI is InChI=1S/C27H37B40N2/c28-48-59(47)66(58(45)46)61(67(64(54(37)38)55(39)40)65(56(41)42)57(43)44)49(60(62(50(29)30)51(31)32)63(52(33)34)53(35)36)25-13-7-20(8-14-25)2-1-19-3-9-23(10-4-19)24-11-5-21(6-12-24)15-22-16-26(68)18-27(69)17-22/h5-6,11-12,16-20,23,25H,1-4,7-10,13-15,68-69H2. The van der Waals surface area contributed by atoms with Gasteiger partial charge in [0.2, 0.25) is 0 Å². The molecule has 2 fully saturated rings. The van der Waals surface area contributed by atoms with Gasteiger partial charge in [-0.15, -0.1) is 0 Å². The molecule has 275 valence electrons. The van der Waals surface area contributed by atoms with E-state index >= 15 is 0 Å². The molecular weight excluding hydrogens is 785 g/mol. The third kappa shape index (κ3) is 17.1. The molecule has 0 aromatic heterocycles. The van der Waals surface area contributed by atoms with Gasteiger partial charge in [-0.05, 0) is 84.7 Å². The molecular formula is C27H37B40N2. The number of nitrogens with two attached hydrogens (primary N) is 2. The monoisotopic (exact) mass is 830 g/mol. The predicted octanol–water partition coefficient (Wildman–Crippen LogP) is -8.21. The summed E-state index contributed by atoms with van der Waals surface area (Å²) < 4.78 is 0. The molecule has 2 aliphatic carbocycles. The molecule has 0 heterocycles. The van der Waals surface area contributed by atoms with Gasteiger partial charge in [-0.2, -0.15) is 0 Å². The molecule has 0 aliphatic heterocycles. The lowest BCUT2D eigenvalue weighted by Gasteiger charge is -2.55. The van der Waals surface area contributed by atoms with E-state index < -0.39 is 121 Å². The van der Waals surface area contributed by atoms with E-state index in [1.54, 1.807) is 6.07 Å². The van der Waals surface area contributed by atoms with E-state index in [9.17, 15) is 0 Å². The summed E-state index contributed by atoms with van der Waals surface area (Å²) in [6, 6.07) is 14.7. The summed E-state index contributed by atoms with van der Waals surface area (Å²) in [6.07, 6.45) is -7.47. The summed E-state index contributed by atoms with van der Waals surface area (Å²) in [6.45, 7) is -0.648. The topological polar surface area (TPSA) is 52.0 Å². The zero-order valence-corrected chi connectivity index (χ0v) is 40.9. The largest absolute Gasteiger partial charge is 0.399 e. The van der Waals surface area contributed by atoms with Crippen molar-refractivity contribution in [2.45, 2.75) is 82.4 Å². The minimum atomic E-state index is -1.16. The molecule has 2 aliphatic rings. The van der Waals surface area contributed by atoms with Gasteiger partial charge in [0.05, 0.1) is 0 Å². The fourth-order valence-corrected chi connectivity index (χ4v) is 13.3. The first-order valence-electron chi connectivity index (χ1n) is 25.0. The van der Waals surface area contributed by atoms with Gasteiger partial charge in [0, 0.05) is 295 Å². The maximum Gasteiger partial charge on any atom is 0.0491 e. The first-order chi connectivity index (χ1) is 32.4. The maximum atomic E-state index is 6.94. The fourth-order valence-electron chi connectivity index (χ4n) is 13.3. The van der Waals surface area contributed by atoms with Crippen molar-refractivity contribution in [3.8, 4) is 0 Å². The molecule has 0 atom stereocenters. The first kappa shape index (κ1) is 62.2. The number of anilines is 2. The number of hydrogen-bond donors (Lipinski definition) is 2. The summed E-state index contributed by atoms with van der Waals surface area (Å²) >= 11 is 0. The molecule has 2 saturated carbocycles. The zero-order valence-electron chi connectivity index (χ0n) is 40.9. The van der Waals surface area contributed by atoms with Crippen molar-refractivity contribution in [3.63, 3.8) is 0 Å². The second-order valence-corrected chi connectivity index (χ2v) is 21.2. The van der Waals surface area contributed by atoms with Crippen LogP contribution in [0.1, 0.15) is 86.8 Å². The van der Waals surface area contributed by atoms with Crippen LogP contribution in [0, 0.1) is 11.8 Å². The Labute approximate surface area is 456 Å². The van der Waals surface area contributed by atoms with Gasteiger partial charge in [-0.3, -0.25) is 0 Å². The molecule has 0 bridgehead atoms. The van der Waals surface area contributed by atoms with Crippen LogP contribution >= 0.6 is 0 Å². The van der Waals surface area contributed by atoms with Crippen LogP contribution in [-0.4, -0.2) is 283 Å². The van der Waals surface area contributed by atoms with Crippen molar-refractivity contribution < 1.29 is 0 Å². The van der Waals surface area contributed by atoms with Crippen LogP contribution in [0.5, 0.6) is 0 Å². The molecule has 0 amide bonds. The van der Waals surface area contributed by atoms with Crippen LogP contribution in [0.3, 0.4) is 0 Å². The summed E-state index contributed by atoms with van der Waals surface area (Å²) in [5.74, 6) is 1.45.